The van der Waals surface area contributed by atoms with Gasteiger partial charge >= 0.3 is 0 Å². The topological polar surface area (TPSA) is 62.4 Å². The number of nitrogens with two attached hydrogens (primary N) is 1. The molecule has 19 heavy (non-hydrogen) atoms. The maximum absolute atomic E-state index is 12.8. The molecule has 1 fully saturated rings. The second kappa shape index (κ2) is 6.41. The van der Waals surface area contributed by atoms with Crippen molar-refractivity contribution in [1.29, 1.82) is 0 Å². The fourth-order valence-electron chi connectivity index (χ4n) is 2.54. The number of hydrogen-bond donors (Lipinski definition) is 2. The summed E-state index contributed by atoms with van der Waals surface area (Å²) in [6.07, 6.45) is 2.80. The highest BCUT2D eigenvalue weighted by atomic mass is 19.1. The van der Waals surface area contributed by atoms with Gasteiger partial charge in [0.1, 0.15) is 5.82 Å². The summed E-state index contributed by atoms with van der Waals surface area (Å²) in [7, 11) is 0. The molecule has 3 unspecified atom stereocenters. The Labute approximate surface area is 113 Å². The largest absolute Gasteiger partial charge is 0.393 e. The van der Waals surface area contributed by atoms with E-state index in [-0.39, 0.29) is 18.0 Å². The Balaban J connectivity index is 1.78. The molecule has 0 radical (unpaired) electrons. The Morgan fingerprint density at radius 1 is 1.58 bits per heavy atom. The van der Waals surface area contributed by atoms with Crippen LogP contribution in [0.4, 0.5) is 4.39 Å². The van der Waals surface area contributed by atoms with Crippen LogP contribution < -0.4 is 5.73 Å². The molecule has 2 heterocycles. The standard InChI is InChI=1S/C14H22FN3O/c1-10(19)11-4-6-18(9-11)7-5-13(16)14-3-2-12(15)8-17-14/h2-3,8,10-11,13,19H,4-7,9,16H2,1H3. The first-order chi connectivity index (χ1) is 9.06. The Hall–Kier alpha value is -1.04. The SMILES string of the molecule is CC(O)C1CCN(CCC(N)c2ccc(F)cn2)C1. The molecule has 5 heteroatoms. The third-order valence-electron chi connectivity index (χ3n) is 3.88. The van der Waals surface area contributed by atoms with Crippen molar-refractivity contribution < 1.29 is 9.50 Å². The highest BCUT2D eigenvalue weighted by molar-refractivity contribution is 5.09. The summed E-state index contributed by atoms with van der Waals surface area (Å²) in [6.45, 7) is 4.69. The van der Waals surface area contributed by atoms with Crippen LogP contribution in [0.1, 0.15) is 31.5 Å². The van der Waals surface area contributed by atoms with Crippen LogP contribution in [0.2, 0.25) is 0 Å². The van der Waals surface area contributed by atoms with Crippen LogP contribution in [0, 0.1) is 11.7 Å². The molecule has 0 saturated carbocycles. The van der Waals surface area contributed by atoms with E-state index < -0.39 is 0 Å². The van der Waals surface area contributed by atoms with E-state index in [4.69, 9.17) is 5.73 Å². The van der Waals surface area contributed by atoms with Gasteiger partial charge in [0, 0.05) is 19.1 Å². The molecule has 3 atom stereocenters. The van der Waals surface area contributed by atoms with Gasteiger partial charge in [-0.1, -0.05) is 0 Å². The third-order valence-corrected chi connectivity index (χ3v) is 3.88. The maximum atomic E-state index is 12.8. The van der Waals surface area contributed by atoms with E-state index in [1.165, 1.54) is 12.3 Å². The number of halogens is 1. The van der Waals surface area contributed by atoms with Gasteiger partial charge in [0.25, 0.3) is 0 Å². The quantitative estimate of drug-likeness (QED) is 0.844. The summed E-state index contributed by atoms with van der Waals surface area (Å²) in [5.74, 6) is 0.0374. The molecular formula is C14H22FN3O. The lowest BCUT2D eigenvalue weighted by atomic mass is 10.0. The molecule has 1 aliphatic heterocycles. The summed E-state index contributed by atoms with van der Waals surface area (Å²) < 4.78 is 12.8. The summed E-state index contributed by atoms with van der Waals surface area (Å²) in [5, 5.41) is 9.55. The molecule has 2 rings (SSSR count). The lowest BCUT2D eigenvalue weighted by molar-refractivity contribution is 0.127. The summed E-state index contributed by atoms with van der Waals surface area (Å²) in [5.41, 5.74) is 6.79. The molecule has 1 saturated heterocycles. The van der Waals surface area contributed by atoms with Crippen LogP contribution in [0.5, 0.6) is 0 Å². The van der Waals surface area contributed by atoms with Crippen LogP contribution in [0.15, 0.2) is 18.3 Å². The fourth-order valence-corrected chi connectivity index (χ4v) is 2.54. The predicted molar refractivity (Wildman–Crippen MR) is 72.0 cm³/mol. The van der Waals surface area contributed by atoms with Crippen molar-refractivity contribution >= 4 is 0 Å². The van der Waals surface area contributed by atoms with E-state index in [1.54, 1.807) is 6.07 Å². The molecular weight excluding hydrogens is 245 g/mol. The van der Waals surface area contributed by atoms with Gasteiger partial charge in [0.2, 0.25) is 0 Å². The second-order valence-corrected chi connectivity index (χ2v) is 5.39. The number of aliphatic hydroxyl groups excluding tert-OH is 1. The minimum absolute atomic E-state index is 0.161. The van der Waals surface area contributed by atoms with Crippen molar-refractivity contribution in [1.82, 2.24) is 9.88 Å². The minimum Gasteiger partial charge on any atom is -0.393 e. The molecule has 3 N–H and O–H groups in total. The Morgan fingerprint density at radius 2 is 2.37 bits per heavy atom. The van der Waals surface area contributed by atoms with Crippen molar-refractivity contribution in [3.63, 3.8) is 0 Å². The van der Waals surface area contributed by atoms with Crippen LogP contribution in [-0.2, 0) is 0 Å². The average Bonchev–Trinajstić information content (AvgIpc) is 2.86. The molecule has 106 valence electrons. The Bertz CT molecular complexity index is 396. The van der Waals surface area contributed by atoms with E-state index in [0.717, 1.165) is 38.2 Å². The molecule has 0 spiro atoms. The maximum Gasteiger partial charge on any atom is 0.141 e. The van der Waals surface area contributed by atoms with E-state index >= 15 is 0 Å². The normalized spacial score (nSPS) is 23.5. The molecule has 0 amide bonds. The lowest BCUT2D eigenvalue weighted by Gasteiger charge is -2.19. The number of aromatic nitrogens is 1. The first-order valence-corrected chi connectivity index (χ1v) is 6.83. The summed E-state index contributed by atoms with van der Waals surface area (Å²) in [4.78, 5) is 6.33. The van der Waals surface area contributed by atoms with E-state index in [9.17, 15) is 9.50 Å². The smallest absolute Gasteiger partial charge is 0.141 e. The highest BCUT2D eigenvalue weighted by Gasteiger charge is 2.25. The summed E-state index contributed by atoms with van der Waals surface area (Å²) >= 11 is 0. The highest BCUT2D eigenvalue weighted by Crippen LogP contribution is 2.21. The Kier molecular flexibility index (Phi) is 4.85. The number of pyridine rings is 1. The predicted octanol–water partition coefficient (Wildman–Crippen LogP) is 1.31. The van der Waals surface area contributed by atoms with Gasteiger partial charge in [-0.05, 0) is 44.4 Å². The van der Waals surface area contributed by atoms with Gasteiger partial charge in [0.05, 0.1) is 18.0 Å². The van der Waals surface area contributed by atoms with Crippen LogP contribution in [-0.4, -0.2) is 40.7 Å². The van der Waals surface area contributed by atoms with Crippen molar-refractivity contribution in [3.05, 3.63) is 29.8 Å². The number of hydrogen-bond acceptors (Lipinski definition) is 4. The van der Waals surface area contributed by atoms with Gasteiger partial charge in [0.15, 0.2) is 0 Å². The van der Waals surface area contributed by atoms with Gasteiger partial charge < -0.3 is 15.7 Å². The van der Waals surface area contributed by atoms with E-state index in [2.05, 4.69) is 9.88 Å². The van der Waals surface area contributed by atoms with Crippen molar-refractivity contribution in [2.24, 2.45) is 11.7 Å². The molecule has 1 aliphatic rings. The van der Waals surface area contributed by atoms with Gasteiger partial charge in [-0.2, -0.15) is 0 Å². The molecule has 0 aliphatic carbocycles. The number of aliphatic hydroxyl groups is 1. The molecule has 4 nitrogen and oxygen atoms in total. The number of rotatable bonds is 5. The molecule has 0 bridgehead atoms. The van der Waals surface area contributed by atoms with E-state index in [0.29, 0.717) is 5.92 Å². The monoisotopic (exact) mass is 267 g/mol. The third kappa shape index (κ3) is 3.96. The van der Waals surface area contributed by atoms with Crippen LogP contribution >= 0.6 is 0 Å². The minimum atomic E-state index is -0.338. The van der Waals surface area contributed by atoms with Crippen LogP contribution in [0.3, 0.4) is 0 Å². The van der Waals surface area contributed by atoms with Crippen LogP contribution in [0.25, 0.3) is 0 Å². The summed E-state index contributed by atoms with van der Waals surface area (Å²) in [6, 6.07) is 2.87. The first-order valence-electron chi connectivity index (χ1n) is 6.83. The lowest BCUT2D eigenvalue weighted by Crippen LogP contribution is -2.27. The van der Waals surface area contributed by atoms with Crippen molar-refractivity contribution in [3.8, 4) is 0 Å². The molecule has 1 aromatic heterocycles. The van der Waals surface area contributed by atoms with Gasteiger partial charge in [-0.15, -0.1) is 0 Å². The van der Waals surface area contributed by atoms with E-state index in [1.807, 2.05) is 6.92 Å². The number of nitrogens with zero attached hydrogens (tertiary/aromatic N) is 2. The number of likely N-dealkylation sites (tertiary alicyclic amines) is 1. The molecule has 0 aromatic carbocycles. The van der Waals surface area contributed by atoms with Gasteiger partial charge in [-0.3, -0.25) is 4.98 Å². The van der Waals surface area contributed by atoms with Gasteiger partial charge in [-0.25, -0.2) is 4.39 Å². The Morgan fingerprint density at radius 3 is 2.95 bits per heavy atom. The zero-order valence-corrected chi connectivity index (χ0v) is 11.3. The molecule has 1 aromatic rings. The zero-order chi connectivity index (χ0) is 13.8. The fraction of sp³-hybridized carbons (Fsp3) is 0.643. The average molecular weight is 267 g/mol. The van der Waals surface area contributed by atoms with Crippen molar-refractivity contribution in [2.75, 3.05) is 19.6 Å². The zero-order valence-electron chi connectivity index (χ0n) is 11.3. The van der Waals surface area contributed by atoms with Crippen molar-refractivity contribution in [2.45, 2.75) is 31.9 Å². The second-order valence-electron chi connectivity index (χ2n) is 5.39. The first kappa shape index (κ1) is 14.4.